The summed E-state index contributed by atoms with van der Waals surface area (Å²) in [6.07, 6.45) is 1.66. The first-order chi connectivity index (χ1) is 4.33. The number of aromatic nitrogens is 2. The maximum atomic E-state index is 8.18. The molecule has 0 amide bonds. The molecule has 9 heavy (non-hydrogen) atoms. The molecule has 1 rings (SSSR count). The summed E-state index contributed by atoms with van der Waals surface area (Å²) < 4.78 is 1.47. The number of hydrogen-bond acceptors (Lipinski definition) is 2. The molecular weight excluding hydrogens is 138 g/mol. The Labute approximate surface area is 57.5 Å². The van der Waals surface area contributed by atoms with Gasteiger partial charge in [0.25, 0.3) is 0 Å². The van der Waals surface area contributed by atoms with Crippen molar-refractivity contribution in [2.24, 2.45) is 0 Å². The largest absolute Gasteiger partial charge is 0.257 e. The van der Waals surface area contributed by atoms with Gasteiger partial charge in [0.05, 0.1) is 6.07 Å². The van der Waals surface area contributed by atoms with Gasteiger partial charge in [0.15, 0.2) is 5.15 Å². The minimum atomic E-state index is 0.257. The van der Waals surface area contributed by atoms with E-state index in [1.54, 1.807) is 12.3 Å². The van der Waals surface area contributed by atoms with E-state index in [0.29, 0.717) is 5.15 Å². The van der Waals surface area contributed by atoms with E-state index in [4.69, 9.17) is 16.9 Å². The standard InChI is InChI=1S/C5H4ClN3/c6-5-1-3-9(8-5)4-2-7/h1,3H,4H2. The van der Waals surface area contributed by atoms with Crippen LogP contribution in [-0.4, -0.2) is 9.78 Å². The van der Waals surface area contributed by atoms with E-state index in [1.807, 2.05) is 6.07 Å². The highest BCUT2D eigenvalue weighted by molar-refractivity contribution is 6.29. The second kappa shape index (κ2) is 2.51. The van der Waals surface area contributed by atoms with Crippen molar-refractivity contribution in [2.75, 3.05) is 0 Å². The van der Waals surface area contributed by atoms with Gasteiger partial charge in [-0.2, -0.15) is 10.4 Å². The minimum Gasteiger partial charge on any atom is -0.257 e. The Kier molecular flexibility index (Phi) is 1.71. The summed E-state index contributed by atoms with van der Waals surface area (Å²) in [6, 6.07) is 3.58. The Morgan fingerprint density at radius 1 is 1.89 bits per heavy atom. The lowest BCUT2D eigenvalue weighted by Gasteiger charge is -1.86. The van der Waals surface area contributed by atoms with Crippen molar-refractivity contribution in [1.82, 2.24) is 9.78 Å². The highest BCUT2D eigenvalue weighted by Crippen LogP contribution is 2.00. The Balaban J connectivity index is 2.76. The van der Waals surface area contributed by atoms with Gasteiger partial charge in [-0.1, -0.05) is 11.6 Å². The maximum absolute atomic E-state index is 8.18. The summed E-state index contributed by atoms with van der Waals surface area (Å²) in [5, 5.41) is 12.4. The molecule has 0 N–H and O–H groups in total. The lowest BCUT2D eigenvalue weighted by Crippen LogP contribution is -1.94. The molecule has 0 atom stereocenters. The molecule has 4 heteroatoms. The SMILES string of the molecule is N#CCn1ccc(Cl)n1. The van der Waals surface area contributed by atoms with E-state index in [-0.39, 0.29) is 6.54 Å². The Morgan fingerprint density at radius 3 is 3.11 bits per heavy atom. The molecule has 46 valence electrons. The van der Waals surface area contributed by atoms with Crippen LogP contribution >= 0.6 is 11.6 Å². The van der Waals surface area contributed by atoms with E-state index < -0.39 is 0 Å². The van der Waals surface area contributed by atoms with Crippen molar-refractivity contribution in [3.8, 4) is 6.07 Å². The van der Waals surface area contributed by atoms with Gasteiger partial charge >= 0.3 is 0 Å². The molecule has 0 fully saturated rings. The summed E-state index contributed by atoms with van der Waals surface area (Å²) in [6.45, 7) is 0.257. The first-order valence-corrected chi connectivity index (χ1v) is 2.76. The van der Waals surface area contributed by atoms with E-state index in [1.165, 1.54) is 4.68 Å². The third-order valence-corrected chi connectivity index (χ3v) is 1.04. The second-order valence-corrected chi connectivity index (χ2v) is 1.88. The van der Waals surface area contributed by atoms with Crippen molar-refractivity contribution in [3.05, 3.63) is 17.4 Å². The van der Waals surface area contributed by atoms with Gasteiger partial charge < -0.3 is 0 Å². The number of nitrogens with zero attached hydrogens (tertiary/aromatic N) is 3. The highest BCUT2D eigenvalue weighted by atomic mass is 35.5. The van der Waals surface area contributed by atoms with Crippen LogP contribution in [0.4, 0.5) is 0 Å². The van der Waals surface area contributed by atoms with Gasteiger partial charge in [0.1, 0.15) is 6.54 Å². The van der Waals surface area contributed by atoms with E-state index in [9.17, 15) is 0 Å². The Morgan fingerprint density at radius 2 is 2.67 bits per heavy atom. The quantitative estimate of drug-likeness (QED) is 0.587. The third kappa shape index (κ3) is 1.44. The molecule has 3 nitrogen and oxygen atoms in total. The molecule has 1 aromatic heterocycles. The molecule has 0 saturated carbocycles. The molecule has 0 unspecified atom stereocenters. The van der Waals surface area contributed by atoms with Crippen LogP contribution in [0.25, 0.3) is 0 Å². The fourth-order valence-electron chi connectivity index (χ4n) is 0.497. The molecule has 0 aliphatic rings. The molecule has 0 aliphatic carbocycles. The first kappa shape index (κ1) is 6.12. The van der Waals surface area contributed by atoms with Crippen LogP contribution in [-0.2, 0) is 6.54 Å². The zero-order chi connectivity index (χ0) is 6.69. The maximum Gasteiger partial charge on any atom is 0.151 e. The smallest absolute Gasteiger partial charge is 0.151 e. The lowest BCUT2D eigenvalue weighted by molar-refractivity contribution is 0.710. The molecule has 0 saturated heterocycles. The zero-order valence-corrected chi connectivity index (χ0v) is 5.34. The third-order valence-electron chi connectivity index (χ3n) is 0.841. The molecule has 0 spiro atoms. The van der Waals surface area contributed by atoms with Crippen LogP contribution in [0.2, 0.25) is 5.15 Å². The van der Waals surface area contributed by atoms with Crippen molar-refractivity contribution < 1.29 is 0 Å². The summed E-state index contributed by atoms with van der Waals surface area (Å²) in [5.41, 5.74) is 0. The van der Waals surface area contributed by atoms with Gasteiger partial charge in [-0.3, -0.25) is 4.68 Å². The van der Waals surface area contributed by atoms with Crippen LogP contribution in [0.3, 0.4) is 0 Å². The fraction of sp³-hybridized carbons (Fsp3) is 0.200. The van der Waals surface area contributed by atoms with Crippen molar-refractivity contribution in [1.29, 1.82) is 5.26 Å². The van der Waals surface area contributed by atoms with Crippen molar-refractivity contribution in [3.63, 3.8) is 0 Å². The molecule has 0 radical (unpaired) electrons. The van der Waals surface area contributed by atoms with Crippen LogP contribution in [0, 0.1) is 11.3 Å². The zero-order valence-electron chi connectivity index (χ0n) is 4.58. The van der Waals surface area contributed by atoms with Crippen LogP contribution in [0.1, 0.15) is 0 Å². The van der Waals surface area contributed by atoms with Gasteiger partial charge in [-0.05, 0) is 6.07 Å². The van der Waals surface area contributed by atoms with E-state index in [0.717, 1.165) is 0 Å². The highest BCUT2D eigenvalue weighted by Gasteiger charge is 1.90. The molecule has 0 aromatic carbocycles. The van der Waals surface area contributed by atoms with Crippen LogP contribution in [0.15, 0.2) is 12.3 Å². The first-order valence-electron chi connectivity index (χ1n) is 2.39. The van der Waals surface area contributed by atoms with E-state index >= 15 is 0 Å². The van der Waals surface area contributed by atoms with E-state index in [2.05, 4.69) is 5.10 Å². The van der Waals surface area contributed by atoms with Gasteiger partial charge in [-0.25, -0.2) is 0 Å². The minimum absolute atomic E-state index is 0.257. The summed E-state index contributed by atoms with van der Waals surface area (Å²) in [5.74, 6) is 0. The summed E-state index contributed by atoms with van der Waals surface area (Å²) in [4.78, 5) is 0. The number of hydrogen-bond donors (Lipinski definition) is 0. The van der Waals surface area contributed by atoms with Crippen LogP contribution < -0.4 is 0 Å². The van der Waals surface area contributed by atoms with Gasteiger partial charge in [0.2, 0.25) is 0 Å². The van der Waals surface area contributed by atoms with Gasteiger partial charge in [-0.15, -0.1) is 0 Å². The monoisotopic (exact) mass is 141 g/mol. The summed E-state index contributed by atoms with van der Waals surface area (Å²) in [7, 11) is 0. The second-order valence-electron chi connectivity index (χ2n) is 1.49. The molecular formula is C5H4ClN3. The molecule has 1 aromatic rings. The Hall–Kier alpha value is -1.01. The predicted octanol–water partition coefficient (Wildman–Crippen LogP) is 1.06. The molecule has 0 bridgehead atoms. The average Bonchev–Trinajstić information content (AvgIpc) is 2.17. The van der Waals surface area contributed by atoms with Crippen molar-refractivity contribution in [2.45, 2.75) is 6.54 Å². The topological polar surface area (TPSA) is 41.6 Å². The van der Waals surface area contributed by atoms with Gasteiger partial charge in [0, 0.05) is 6.20 Å². The molecule has 1 heterocycles. The Bertz CT molecular complexity index is 235. The number of rotatable bonds is 1. The normalized spacial score (nSPS) is 8.89. The van der Waals surface area contributed by atoms with Crippen molar-refractivity contribution >= 4 is 11.6 Å². The predicted molar refractivity (Wildman–Crippen MR) is 32.8 cm³/mol. The lowest BCUT2D eigenvalue weighted by atomic mass is 10.7. The average molecular weight is 142 g/mol. The van der Waals surface area contributed by atoms with Crippen LogP contribution in [0.5, 0.6) is 0 Å². The fourth-order valence-corrected chi connectivity index (χ4v) is 0.651. The summed E-state index contributed by atoms with van der Waals surface area (Å²) >= 11 is 5.45. The number of nitriles is 1. The molecule has 0 aliphatic heterocycles. The number of halogens is 1.